The number of piperidine rings is 3. The number of fused-ring (bicyclic) bond motifs is 3. The van der Waals surface area contributed by atoms with E-state index < -0.39 is 0 Å². The molecule has 4 rings (SSSR count). The van der Waals surface area contributed by atoms with Crippen LogP contribution in [0.15, 0.2) is 0 Å². The molecular weight excluding hydrogens is 296 g/mol. The van der Waals surface area contributed by atoms with Crippen molar-refractivity contribution in [2.45, 2.75) is 26.3 Å². The van der Waals surface area contributed by atoms with Gasteiger partial charge in [0.15, 0.2) is 0 Å². The second-order valence-corrected chi connectivity index (χ2v) is 7.41. The lowest BCUT2D eigenvalue weighted by molar-refractivity contribution is -0.146. The Bertz CT molecular complexity index is 487. The van der Waals surface area contributed by atoms with Crippen LogP contribution >= 0.6 is 0 Å². The Balaban J connectivity index is 1.29. The molecule has 0 spiro atoms. The highest BCUT2D eigenvalue weighted by molar-refractivity contribution is 5.77. The summed E-state index contributed by atoms with van der Waals surface area (Å²) in [5.74, 6) is 2.34. The van der Waals surface area contributed by atoms with Crippen LogP contribution in [0.2, 0.25) is 0 Å². The topological polar surface area (TPSA) is 59.1 Å². The first kappa shape index (κ1) is 15.2. The minimum Gasteiger partial charge on any atom is -0.466 e. The van der Waals surface area contributed by atoms with Crippen molar-refractivity contribution >= 4 is 12.1 Å². The van der Waals surface area contributed by atoms with E-state index in [0.717, 1.165) is 26.2 Å². The van der Waals surface area contributed by atoms with E-state index in [4.69, 9.17) is 9.47 Å². The maximum atomic E-state index is 11.9. The molecule has 2 unspecified atom stereocenters. The normalized spacial score (nSPS) is 41.0. The molecule has 2 aliphatic carbocycles. The molecular formula is C17H26N2O4. The Hall–Kier alpha value is -1.30. The van der Waals surface area contributed by atoms with Gasteiger partial charge in [0.05, 0.1) is 19.1 Å². The maximum Gasteiger partial charge on any atom is 0.409 e. The first-order valence-electron chi connectivity index (χ1n) is 8.96. The van der Waals surface area contributed by atoms with E-state index in [9.17, 15) is 9.59 Å². The summed E-state index contributed by atoms with van der Waals surface area (Å²) < 4.78 is 10.3. The van der Waals surface area contributed by atoms with Gasteiger partial charge in [0.25, 0.3) is 0 Å². The number of rotatable bonds is 4. The third-order valence-electron chi connectivity index (χ3n) is 6.21. The zero-order valence-electron chi connectivity index (χ0n) is 13.9. The second kappa shape index (κ2) is 5.65. The van der Waals surface area contributed by atoms with Crippen molar-refractivity contribution < 1.29 is 19.1 Å². The van der Waals surface area contributed by atoms with Gasteiger partial charge in [0, 0.05) is 32.2 Å². The molecule has 23 heavy (non-hydrogen) atoms. The van der Waals surface area contributed by atoms with Crippen LogP contribution in [0, 0.1) is 29.6 Å². The largest absolute Gasteiger partial charge is 0.466 e. The molecule has 2 saturated heterocycles. The van der Waals surface area contributed by atoms with Crippen molar-refractivity contribution in [2.24, 2.45) is 29.6 Å². The summed E-state index contributed by atoms with van der Waals surface area (Å²) in [5, 5.41) is 0. The minimum atomic E-state index is -0.160. The summed E-state index contributed by atoms with van der Waals surface area (Å²) in [6.07, 6.45) is 1.07. The van der Waals surface area contributed by atoms with Gasteiger partial charge < -0.3 is 14.4 Å². The standard InChI is InChI=1S/C17H26N2O4/c1-3-22-16(20)14-12-8-18(9-13(12)14)15-10-5-11(15)7-19(6-10)17(21)23-4-2/h10-15H,3-9H2,1-2H3/t10?,11?,12-,13+,14-,15?. The van der Waals surface area contributed by atoms with Crippen LogP contribution in [0.25, 0.3) is 0 Å². The van der Waals surface area contributed by atoms with Gasteiger partial charge in [-0.15, -0.1) is 0 Å². The van der Waals surface area contributed by atoms with Crippen LogP contribution < -0.4 is 0 Å². The predicted octanol–water partition coefficient (Wildman–Crippen LogP) is 1.20. The van der Waals surface area contributed by atoms with Crippen molar-refractivity contribution in [3.8, 4) is 0 Å². The monoisotopic (exact) mass is 322 g/mol. The van der Waals surface area contributed by atoms with Crippen molar-refractivity contribution in [1.82, 2.24) is 9.80 Å². The molecule has 6 nitrogen and oxygen atoms in total. The molecule has 2 bridgehead atoms. The smallest absolute Gasteiger partial charge is 0.409 e. The van der Waals surface area contributed by atoms with Crippen molar-refractivity contribution in [3.63, 3.8) is 0 Å². The zero-order valence-corrected chi connectivity index (χ0v) is 13.9. The molecule has 128 valence electrons. The summed E-state index contributed by atoms with van der Waals surface area (Å²) in [6.45, 7) is 8.36. The summed E-state index contributed by atoms with van der Waals surface area (Å²) in [4.78, 5) is 28.2. The Morgan fingerprint density at radius 1 is 0.957 bits per heavy atom. The molecule has 0 N–H and O–H groups in total. The number of amides is 1. The SMILES string of the molecule is CCOC(=O)[C@@H]1[C@@H]2CN(C3C4CC3CN(C(=O)OCC)C4)C[C@@H]21. The second-order valence-electron chi connectivity index (χ2n) is 7.41. The summed E-state index contributed by atoms with van der Waals surface area (Å²) in [5.41, 5.74) is 0. The number of esters is 1. The fraction of sp³-hybridized carbons (Fsp3) is 0.882. The number of hydrogen-bond acceptors (Lipinski definition) is 5. The predicted molar refractivity (Wildman–Crippen MR) is 82.7 cm³/mol. The van der Waals surface area contributed by atoms with Crippen LogP contribution in [0.3, 0.4) is 0 Å². The van der Waals surface area contributed by atoms with Gasteiger partial charge in [-0.25, -0.2) is 4.79 Å². The molecule has 0 aromatic rings. The molecule has 6 heteroatoms. The van der Waals surface area contributed by atoms with E-state index in [1.807, 2.05) is 18.7 Å². The Kier molecular flexibility index (Phi) is 3.75. The van der Waals surface area contributed by atoms with Crippen molar-refractivity contribution in [1.29, 1.82) is 0 Å². The van der Waals surface area contributed by atoms with Gasteiger partial charge in [-0.2, -0.15) is 0 Å². The quantitative estimate of drug-likeness (QED) is 0.728. The van der Waals surface area contributed by atoms with E-state index >= 15 is 0 Å². The number of carbonyl (C=O) groups is 2. The molecule has 0 radical (unpaired) electrons. The number of carbonyl (C=O) groups excluding carboxylic acids is 2. The molecule has 4 fully saturated rings. The fourth-order valence-electron chi connectivity index (χ4n) is 5.21. The third kappa shape index (κ3) is 2.42. The van der Waals surface area contributed by atoms with E-state index in [0.29, 0.717) is 42.9 Å². The lowest BCUT2D eigenvalue weighted by atomic mass is 9.65. The van der Waals surface area contributed by atoms with Gasteiger partial charge in [-0.05, 0) is 43.9 Å². The van der Waals surface area contributed by atoms with Crippen LogP contribution in [-0.4, -0.2) is 67.3 Å². The highest BCUT2D eigenvalue weighted by Gasteiger charge is 2.63. The molecule has 4 aliphatic rings. The van der Waals surface area contributed by atoms with Crippen molar-refractivity contribution in [3.05, 3.63) is 0 Å². The number of ether oxygens (including phenoxy) is 2. The van der Waals surface area contributed by atoms with E-state index in [-0.39, 0.29) is 18.0 Å². The average molecular weight is 322 g/mol. The molecule has 1 amide bonds. The highest BCUT2D eigenvalue weighted by Crippen LogP contribution is 2.55. The molecule has 2 aliphatic heterocycles. The lowest BCUT2D eigenvalue weighted by Crippen LogP contribution is -2.65. The lowest BCUT2D eigenvalue weighted by Gasteiger charge is -2.56. The first-order valence-corrected chi connectivity index (χ1v) is 8.96. The zero-order chi connectivity index (χ0) is 16.1. The Labute approximate surface area is 137 Å². The third-order valence-corrected chi connectivity index (χ3v) is 6.21. The highest BCUT2D eigenvalue weighted by atomic mass is 16.6. The van der Waals surface area contributed by atoms with Gasteiger partial charge in [0.1, 0.15) is 0 Å². The summed E-state index contributed by atoms with van der Waals surface area (Å²) in [6, 6.07) is 0.608. The van der Waals surface area contributed by atoms with E-state index in [1.165, 1.54) is 6.42 Å². The summed E-state index contributed by atoms with van der Waals surface area (Å²) >= 11 is 0. The molecule has 2 heterocycles. The Morgan fingerprint density at radius 2 is 1.57 bits per heavy atom. The first-order chi connectivity index (χ1) is 11.1. The van der Waals surface area contributed by atoms with Crippen LogP contribution in [0.1, 0.15) is 20.3 Å². The van der Waals surface area contributed by atoms with E-state index in [2.05, 4.69) is 4.90 Å². The van der Waals surface area contributed by atoms with Gasteiger partial charge >= 0.3 is 12.1 Å². The fourth-order valence-corrected chi connectivity index (χ4v) is 5.21. The van der Waals surface area contributed by atoms with Gasteiger partial charge in [-0.3, -0.25) is 9.69 Å². The number of likely N-dealkylation sites (tertiary alicyclic amines) is 2. The van der Waals surface area contributed by atoms with Gasteiger partial charge in [-0.1, -0.05) is 0 Å². The van der Waals surface area contributed by atoms with Crippen molar-refractivity contribution in [2.75, 3.05) is 39.4 Å². The molecule has 2 saturated carbocycles. The maximum absolute atomic E-state index is 11.9. The van der Waals surface area contributed by atoms with E-state index in [1.54, 1.807) is 0 Å². The molecule has 0 aromatic heterocycles. The van der Waals surface area contributed by atoms with Crippen LogP contribution in [0.4, 0.5) is 4.79 Å². The number of nitrogens with zero attached hydrogens (tertiary/aromatic N) is 2. The van der Waals surface area contributed by atoms with Crippen LogP contribution in [-0.2, 0) is 14.3 Å². The van der Waals surface area contributed by atoms with Crippen LogP contribution in [0.5, 0.6) is 0 Å². The Morgan fingerprint density at radius 3 is 2.13 bits per heavy atom. The summed E-state index contributed by atoms with van der Waals surface area (Å²) in [7, 11) is 0. The minimum absolute atomic E-state index is 0.00411. The molecule has 5 atom stereocenters. The average Bonchev–Trinajstić information content (AvgIpc) is 3.04. The number of hydrogen-bond donors (Lipinski definition) is 0. The molecule has 0 aromatic carbocycles. The van der Waals surface area contributed by atoms with Gasteiger partial charge in [0.2, 0.25) is 0 Å².